The lowest BCUT2D eigenvalue weighted by Gasteiger charge is -2.01. The van der Waals surface area contributed by atoms with E-state index in [1.54, 1.807) is 13.3 Å². The minimum Gasteiger partial charge on any atom is -0.481 e. The molecule has 0 aliphatic rings. The molecule has 0 fully saturated rings. The Kier molecular flexibility index (Phi) is 2.64. The fourth-order valence-electron chi connectivity index (χ4n) is 1.63. The number of methoxy groups -OCH3 is 1. The molecule has 0 saturated carbocycles. The van der Waals surface area contributed by atoms with Crippen LogP contribution in [0.25, 0.3) is 11.3 Å². The molecule has 2 heterocycles. The van der Waals surface area contributed by atoms with Gasteiger partial charge in [0.1, 0.15) is 5.82 Å². The molecule has 0 spiro atoms. The summed E-state index contributed by atoms with van der Waals surface area (Å²) in [5.41, 5.74) is 3.14. The first-order chi connectivity index (χ1) is 7.63. The van der Waals surface area contributed by atoms with Gasteiger partial charge >= 0.3 is 0 Å². The van der Waals surface area contributed by atoms with E-state index in [1.807, 2.05) is 26.1 Å². The molecule has 4 heteroatoms. The topological polar surface area (TPSA) is 39.9 Å². The van der Waals surface area contributed by atoms with E-state index in [1.165, 1.54) is 0 Å². The van der Waals surface area contributed by atoms with Crippen molar-refractivity contribution in [1.29, 1.82) is 0 Å². The van der Waals surface area contributed by atoms with Gasteiger partial charge in [0.2, 0.25) is 5.88 Å². The number of hydrogen-bond donors (Lipinski definition) is 0. The van der Waals surface area contributed by atoms with Crippen LogP contribution in [0, 0.1) is 13.8 Å². The van der Waals surface area contributed by atoms with Gasteiger partial charge in [-0.15, -0.1) is 0 Å². The van der Waals surface area contributed by atoms with Gasteiger partial charge in [0.15, 0.2) is 0 Å². The lowest BCUT2D eigenvalue weighted by Crippen LogP contribution is -1.93. The lowest BCUT2D eigenvalue weighted by atomic mass is 10.2. The number of rotatable bonds is 2. The van der Waals surface area contributed by atoms with Gasteiger partial charge in [-0.05, 0) is 19.9 Å². The molecular weight excluding hydrogens is 202 g/mol. The molecule has 0 aliphatic carbocycles. The molecule has 84 valence electrons. The number of aryl methyl sites for hydroxylation is 1. The second-order valence-corrected chi connectivity index (χ2v) is 3.74. The highest BCUT2D eigenvalue weighted by Gasteiger charge is 2.10. The summed E-state index contributed by atoms with van der Waals surface area (Å²) in [5.74, 6) is 1.62. The van der Waals surface area contributed by atoms with Crippen LogP contribution >= 0.6 is 0 Å². The summed E-state index contributed by atoms with van der Waals surface area (Å²) in [5, 5.41) is 0. The summed E-state index contributed by atoms with van der Waals surface area (Å²) in [6, 6.07) is 3.82. The number of pyridine rings is 1. The zero-order valence-electron chi connectivity index (χ0n) is 9.98. The van der Waals surface area contributed by atoms with Gasteiger partial charge in [0.05, 0.1) is 12.8 Å². The maximum absolute atomic E-state index is 5.03. The van der Waals surface area contributed by atoms with Crippen molar-refractivity contribution in [2.45, 2.75) is 13.8 Å². The quantitative estimate of drug-likeness (QED) is 0.773. The van der Waals surface area contributed by atoms with Crippen molar-refractivity contribution in [3.05, 3.63) is 29.8 Å². The number of hydrogen-bond acceptors (Lipinski definition) is 3. The highest BCUT2D eigenvalue weighted by Crippen LogP contribution is 2.23. The van der Waals surface area contributed by atoms with Gasteiger partial charge in [0.25, 0.3) is 0 Å². The van der Waals surface area contributed by atoms with Crippen LogP contribution in [0.2, 0.25) is 0 Å². The van der Waals surface area contributed by atoms with Crippen molar-refractivity contribution >= 4 is 0 Å². The molecule has 16 heavy (non-hydrogen) atoms. The zero-order valence-corrected chi connectivity index (χ0v) is 9.98. The Morgan fingerprint density at radius 1 is 1.25 bits per heavy atom. The predicted molar refractivity (Wildman–Crippen MR) is 62.5 cm³/mol. The molecule has 0 unspecified atom stereocenters. The second kappa shape index (κ2) is 3.96. The van der Waals surface area contributed by atoms with E-state index in [-0.39, 0.29) is 0 Å². The van der Waals surface area contributed by atoms with E-state index >= 15 is 0 Å². The third-order valence-corrected chi connectivity index (χ3v) is 2.82. The van der Waals surface area contributed by atoms with E-state index in [0.717, 1.165) is 22.8 Å². The molecule has 4 nitrogen and oxygen atoms in total. The highest BCUT2D eigenvalue weighted by atomic mass is 16.5. The van der Waals surface area contributed by atoms with E-state index in [4.69, 9.17) is 4.74 Å². The van der Waals surface area contributed by atoms with Gasteiger partial charge < -0.3 is 9.30 Å². The van der Waals surface area contributed by atoms with E-state index in [9.17, 15) is 0 Å². The van der Waals surface area contributed by atoms with E-state index in [2.05, 4.69) is 21.5 Å². The average molecular weight is 217 g/mol. The molecule has 2 aromatic heterocycles. The normalized spacial score (nSPS) is 10.5. The van der Waals surface area contributed by atoms with Crippen molar-refractivity contribution in [1.82, 2.24) is 14.5 Å². The van der Waals surface area contributed by atoms with Crippen molar-refractivity contribution < 1.29 is 4.74 Å². The average Bonchev–Trinajstić information content (AvgIpc) is 2.57. The Morgan fingerprint density at radius 3 is 2.44 bits per heavy atom. The first-order valence-electron chi connectivity index (χ1n) is 5.14. The van der Waals surface area contributed by atoms with Gasteiger partial charge in [-0.25, -0.2) is 9.97 Å². The second-order valence-electron chi connectivity index (χ2n) is 3.74. The van der Waals surface area contributed by atoms with Crippen molar-refractivity contribution in [3.8, 4) is 17.1 Å². The molecule has 0 N–H and O–H groups in total. The van der Waals surface area contributed by atoms with Crippen LogP contribution in [0.4, 0.5) is 0 Å². The molecular formula is C12H15N3O. The third-order valence-electron chi connectivity index (χ3n) is 2.82. The highest BCUT2D eigenvalue weighted by molar-refractivity contribution is 5.61. The number of ether oxygens (including phenoxy) is 1. The fourth-order valence-corrected chi connectivity index (χ4v) is 1.63. The monoisotopic (exact) mass is 217 g/mol. The van der Waals surface area contributed by atoms with E-state index < -0.39 is 0 Å². The summed E-state index contributed by atoms with van der Waals surface area (Å²) in [6.07, 6.45) is 1.79. The summed E-state index contributed by atoms with van der Waals surface area (Å²) >= 11 is 0. The molecule has 0 bridgehead atoms. The Bertz CT molecular complexity index is 500. The molecule has 2 rings (SSSR count). The van der Waals surface area contributed by atoms with Gasteiger partial charge in [-0.2, -0.15) is 0 Å². The molecule has 0 amide bonds. The van der Waals surface area contributed by atoms with Crippen LogP contribution in [0.15, 0.2) is 18.3 Å². The first-order valence-corrected chi connectivity index (χ1v) is 5.14. The first kappa shape index (κ1) is 10.7. The zero-order chi connectivity index (χ0) is 11.7. The van der Waals surface area contributed by atoms with Crippen LogP contribution < -0.4 is 4.74 Å². The molecule has 0 aromatic carbocycles. The number of aromatic nitrogens is 3. The van der Waals surface area contributed by atoms with Gasteiger partial charge in [-0.3, -0.25) is 0 Å². The van der Waals surface area contributed by atoms with Gasteiger partial charge in [-0.1, -0.05) is 0 Å². The predicted octanol–water partition coefficient (Wildman–Crippen LogP) is 2.11. The minimum atomic E-state index is 0.619. The van der Waals surface area contributed by atoms with Crippen LogP contribution in [0.5, 0.6) is 5.88 Å². The van der Waals surface area contributed by atoms with Crippen LogP contribution in [0.1, 0.15) is 11.5 Å². The largest absolute Gasteiger partial charge is 0.481 e. The summed E-state index contributed by atoms with van der Waals surface area (Å²) < 4.78 is 7.10. The van der Waals surface area contributed by atoms with E-state index in [0.29, 0.717) is 5.88 Å². The summed E-state index contributed by atoms with van der Waals surface area (Å²) in [7, 11) is 3.62. The smallest absolute Gasteiger partial charge is 0.212 e. The van der Waals surface area contributed by atoms with Crippen LogP contribution in [-0.4, -0.2) is 21.6 Å². The molecule has 0 radical (unpaired) electrons. The van der Waals surface area contributed by atoms with Crippen LogP contribution in [-0.2, 0) is 7.05 Å². The maximum Gasteiger partial charge on any atom is 0.212 e. The number of nitrogens with zero attached hydrogens (tertiary/aromatic N) is 3. The Morgan fingerprint density at radius 2 is 2.00 bits per heavy atom. The molecule has 0 saturated heterocycles. The Balaban J connectivity index is 2.46. The SMILES string of the molecule is COc1ccc(-c2nc(C)n(C)c2C)cn1. The van der Waals surface area contributed by atoms with Gasteiger partial charge in [0, 0.05) is 30.6 Å². The number of imidazole rings is 1. The lowest BCUT2D eigenvalue weighted by molar-refractivity contribution is 0.398. The van der Waals surface area contributed by atoms with Crippen molar-refractivity contribution in [3.63, 3.8) is 0 Å². The Hall–Kier alpha value is -1.84. The van der Waals surface area contributed by atoms with Crippen molar-refractivity contribution in [2.24, 2.45) is 7.05 Å². The molecule has 0 aliphatic heterocycles. The fraction of sp³-hybridized carbons (Fsp3) is 0.333. The summed E-state index contributed by atoms with van der Waals surface area (Å²) in [4.78, 5) is 8.70. The molecule has 0 atom stereocenters. The van der Waals surface area contributed by atoms with Crippen molar-refractivity contribution in [2.75, 3.05) is 7.11 Å². The Labute approximate surface area is 94.9 Å². The summed E-state index contributed by atoms with van der Waals surface area (Å²) in [6.45, 7) is 4.05. The minimum absolute atomic E-state index is 0.619. The standard InChI is InChI=1S/C12H15N3O/c1-8-12(14-9(2)15(8)3)10-5-6-11(16-4)13-7-10/h5-7H,1-4H3. The maximum atomic E-state index is 5.03. The molecule has 2 aromatic rings. The van der Waals surface area contributed by atoms with Crippen LogP contribution in [0.3, 0.4) is 0 Å². The third kappa shape index (κ3) is 1.66.